The number of hydrogen-bond donors (Lipinski definition) is 1. The second-order valence-electron chi connectivity index (χ2n) is 6.24. The van der Waals surface area contributed by atoms with Gasteiger partial charge in [-0.1, -0.05) is 13.8 Å². The van der Waals surface area contributed by atoms with Crippen LogP contribution in [0, 0.1) is 5.92 Å². The quantitative estimate of drug-likeness (QED) is 0.661. The molecule has 9 heteroatoms. The van der Waals surface area contributed by atoms with Gasteiger partial charge in [0, 0.05) is 19.0 Å². The monoisotopic (exact) mass is 408 g/mol. The van der Waals surface area contributed by atoms with E-state index in [0.29, 0.717) is 22.8 Å². The van der Waals surface area contributed by atoms with Crippen molar-refractivity contribution in [3.05, 3.63) is 22.6 Å². The van der Waals surface area contributed by atoms with Crippen molar-refractivity contribution in [2.75, 3.05) is 34.4 Å². The molecule has 1 aliphatic rings. The average molecular weight is 408 g/mol. The van der Waals surface area contributed by atoms with Crippen LogP contribution in [0.25, 0.3) is 6.08 Å². The van der Waals surface area contributed by atoms with E-state index in [2.05, 4.69) is 5.32 Å². The van der Waals surface area contributed by atoms with Gasteiger partial charge in [-0.25, -0.2) is 0 Å². The molecule has 0 atom stereocenters. The summed E-state index contributed by atoms with van der Waals surface area (Å²) in [4.78, 5) is 37.8. The summed E-state index contributed by atoms with van der Waals surface area (Å²) >= 11 is 0.852. The van der Waals surface area contributed by atoms with Crippen molar-refractivity contribution in [3.8, 4) is 17.2 Å². The van der Waals surface area contributed by atoms with Crippen LogP contribution in [0.15, 0.2) is 17.0 Å². The van der Waals surface area contributed by atoms with Crippen LogP contribution < -0.4 is 19.5 Å². The van der Waals surface area contributed by atoms with Gasteiger partial charge in [0.05, 0.1) is 26.2 Å². The third kappa shape index (κ3) is 4.78. The Hall–Kier alpha value is -2.68. The Morgan fingerprint density at radius 1 is 1.14 bits per heavy atom. The predicted octanol–water partition coefficient (Wildman–Crippen LogP) is 2.52. The first-order valence-electron chi connectivity index (χ1n) is 8.65. The molecule has 28 heavy (non-hydrogen) atoms. The topological polar surface area (TPSA) is 94.2 Å². The number of carbonyl (C=O) groups excluding carboxylic acids is 3. The molecule has 1 aliphatic heterocycles. The number of carbonyl (C=O) groups is 3. The number of rotatable bonds is 8. The minimum Gasteiger partial charge on any atom is -0.493 e. The number of benzene rings is 1. The molecule has 0 saturated carbocycles. The van der Waals surface area contributed by atoms with Gasteiger partial charge in [-0.15, -0.1) is 0 Å². The normalized spacial score (nSPS) is 15.4. The second kappa shape index (κ2) is 9.50. The minimum atomic E-state index is -0.400. The summed E-state index contributed by atoms with van der Waals surface area (Å²) in [6, 6.07) is 3.39. The molecule has 1 fully saturated rings. The summed E-state index contributed by atoms with van der Waals surface area (Å²) in [5, 5.41) is 2.32. The molecule has 1 saturated heterocycles. The van der Waals surface area contributed by atoms with Crippen molar-refractivity contribution in [2.24, 2.45) is 5.92 Å². The van der Waals surface area contributed by atoms with Gasteiger partial charge < -0.3 is 19.5 Å². The second-order valence-corrected chi connectivity index (χ2v) is 7.23. The number of nitrogens with one attached hydrogen (secondary N) is 1. The third-order valence-electron chi connectivity index (χ3n) is 4.02. The highest BCUT2D eigenvalue weighted by Gasteiger charge is 2.34. The lowest BCUT2D eigenvalue weighted by Gasteiger charge is -2.14. The van der Waals surface area contributed by atoms with Crippen molar-refractivity contribution in [2.45, 2.75) is 13.8 Å². The lowest BCUT2D eigenvalue weighted by molar-refractivity contribution is -0.125. The molecule has 152 valence electrons. The molecule has 1 heterocycles. The Balaban J connectivity index is 2.18. The molecule has 0 aromatic heterocycles. The molecule has 0 aliphatic carbocycles. The van der Waals surface area contributed by atoms with Crippen LogP contribution in [0.3, 0.4) is 0 Å². The molecule has 1 aromatic carbocycles. The largest absolute Gasteiger partial charge is 0.493 e. The van der Waals surface area contributed by atoms with Crippen molar-refractivity contribution >= 4 is 34.9 Å². The fraction of sp³-hybridized carbons (Fsp3) is 0.421. The van der Waals surface area contributed by atoms with Gasteiger partial charge in [-0.05, 0) is 35.5 Å². The average Bonchev–Trinajstić information content (AvgIpc) is 2.94. The summed E-state index contributed by atoms with van der Waals surface area (Å²) in [7, 11) is 4.50. The highest BCUT2D eigenvalue weighted by atomic mass is 32.2. The maximum absolute atomic E-state index is 12.6. The molecule has 3 amide bonds. The zero-order chi connectivity index (χ0) is 20.8. The summed E-state index contributed by atoms with van der Waals surface area (Å²) in [5.74, 6) is 0.654. The zero-order valence-corrected chi connectivity index (χ0v) is 17.3. The van der Waals surface area contributed by atoms with Crippen molar-refractivity contribution in [1.82, 2.24) is 10.2 Å². The van der Waals surface area contributed by atoms with Gasteiger partial charge in [0.15, 0.2) is 11.5 Å². The minimum absolute atomic E-state index is 0.121. The Morgan fingerprint density at radius 3 is 2.25 bits per heavy atom. The number of imide groups is 1. The number of amides is 3. The molecule has 2 rings (SSSR count). The Morgan fingerprint density at radius 2 is 1.75 bits per heavy atom. The number of thioether (sulfide) groups is 1. The summed E-state index contributed by atoms with van der Waals surface area (Å²) in [6.45, 7) is 3.88. The summed E-state index contributed by atoms with van der Waals surface area (Å²) < 4.78 is 15.9. The highest BCUT2D eigenvalue weighted by molar-refractivity contribution is 8.18. The lowest BCUT2D eigenvalue weighted by Crippen LogP contribution is -2.38. The van der Waals surface area contributed by atoms with E-state index in [9.17, 15) is 14.4 Å². The zero-order valence-electron chi connectivity index (χ0n) is 16.5. The molecular formula is C19H24N2O6S. The smallest absolute Gasteiger partial charge is 0.293 e. The van der Waals surface area contributed by atoms with Crippen LogP contribution in [-0.2, 0) is 9.59 Å². The van der Waals surface area contributed by atoms with Crippen LogP contribution in [-0.4, -0.2) is 56.4 Å². The van der Waals surface area contributed by atoms with E-state index in [0.717, 1.165) is 16.7 Å². The highest BCUT2D eigenvalue weighted by Crippen LogP contribution is 2.40. The first-order chi connectivity index (χ1) is 13.3. The molecular weight excluding hydrogens is 384 g/mol. The van der Waals surface area contributed by atoms with E-state index in [1.807, 2.05) is 0 Å². The number of ether oxygens (including phenoxy) is 3. The first kappa shape index (κ1) is 21.6. The van der Waals surface area contributed by atoms with Gasteiger partial charge in [0.2, 0.25) is 11.7 Å². The van der Waals surface area contributed by atoms with Crippen molar-refractivity contribution < 1.29 is 28.6 Å². The summed E-state index contributed by atoms with van der Waals surface area (Å²) in [6.07, 6.45) is 1.60. The van der Waals surface area contributed by atoms with E-state index < -0.39 is 5.91 Å². The van der Waals surface area contributed by atoms with E-state index in [4.69, 9.17) is 14.2 Å². The number of methoxy groups -OCH3 is 3. The molecule has 8 nitrogen and oxygen atoms in total. The molecule has 0 bridgehead atoms. The van der Waals surface area contributed by atoms with Gasteiger partial charge in [-0.3, -0.25) is 19.3 Å². The molecule has 1 N–H and O–H groups in total. The molecule has 0 spiro atoms. The fourth-order valence-corrected chi connectivity index (χ4v) is 3.39. The van der Waals surface area contributed by atoms with Crippen LogP contribution in [0.1, 0.15) is 19.4 Å². The third-order valence-corrected chi connectivity index (χ3v) is 4.92. The fourth-order valence-electron chi connectivity index (χ4n) is 2.52. The predicted molar refractivity (Wildman–Crippen MR) is 107 cm³/mol. The Bertz CT molecular complexity index is 781. The van der Waals surface area contributed by atoms with Crippen LogP contribution in [0.2, 0.25) is 0 Å². The van der Waals surface area contributed by atoms with Crippen LogP contribution >= 0.6 is 11.8 Å². The van der Waals surface area contributed by atoms with Crippen molar-refractivity contribution in [3.63, 3.8) is 0 Å². The van der Waals surface area contributed by atoms with Gasteiger partial charge in [0.25, 0.3) is 11.1 Å². The van der Waals surface area contributed by atoms with Crippen LogP contribution in [0.5, 0.6) is 17.2 Å². The summed E-state index contributed by atoms with van der Waals surface area (Å²) in [5.41, 5.74) is 0.633. The van der Waals surface area contributed by atoms with E-state index in [1.165, 1.54) is 21.3 Å². The Labute approximate surface area is 168 Å². The number of nitrogens with zero attached hydrogens (tertiary/aromatic N) is 1. The number of hydrogen-bond acceptors (Lipinski definition) is 7. The molecule has 0 unspecified atom stereocenters. The maximum Gasteiger partial charge on any atom is 0.293 e. The molecule has 1 aromatic rings. The first-order valence-corrected chi connectivity index (χ1v) is 9.47. The van der Waals surface area contributed by atoms with E-state index in [-0.39, 0.29) is 35.1 Å². The molecule has 0 radical (unpaired) electrons. The lowest BCUT2D eigenvalue weighted by atomic mass is 10.1. The standard InChI is InChI=1S/C19H24N2O6S/c1-11(2)17(22)20-6-7-21-18(23)15(28-19(21)24)10-12-8-13(25-3)16(27-5)14(9-12)26-4/h8-11H,6-7H2,1-5H3,(H,20,22)/b15-10-. The Kier molecular flexibility index (Phi) is 7.33. The van der Waals surface area contributed by atoms with Gasteiger partial charge >= 0.3 is 0 Å². The van der Waals surface area contributed by atoms with Gasteiger partial charge in [-0.2, -0.15) is 0 Å². The van der Waals surface area contributed by atoms with Crippen LogP contribution in [0.4, 0.5) is 4.79 Å². The SMILES string of the molecule is COc1cc(/C=C2\SC(=O)N(CCNC(=O)C(C)C)C2=O)cc(OC)c1OC. The van der Waals surface area contributed by atoms with Gasteiger partial charge in [0.1, 0.15) is 0 Å². The van der Waals surface area contributed by atoms with Crippen molar-refractivity contribution in [1.29, 1.82) is 0 Å². The van der Waals surface area contributed by atoms with E-state index >= 15 is 0 Å². The maximum atomic E-state index is 12.6. The van der Waals surface area contributed by atoms with E-state index in [1.54, 1.807) is 32.1 Å².